The number of rotatable bonds is 7. The number of para-hydroxylation sites is 1. The summed E-state index contributed by atoms with van der Waals surface area (Å²) in [6.45, 7) is 0. The zero-order valence-corrected chi connectivity index (χ0v) is 13.6. The second-order valence-electron chi connectivity index (χ2n) is 5.60. The number of benzene rings is 2. The van der Waals surface area contributed by atoms with Gasteiger partial charge in [-0.1, -0.05) is 48.5 Å². The first kappa shape index (κ1) is 15.7. The Labute approximate surface area is 139 Å². The molecule has 118 valence electrons. The first-order chi connectivity index (χ1) is 11.2. The molecule has 0 amide bonds. The van der Waals surface area contributed by atoms with Crippen molar-refractivity contribution in [2.45, 2.75) is 12.2 Å². The first-order valence-corrected chi connectivity index (χ1v) is 8.79. The van der Waals surface area contributed by atoms with Crippen LogP contribution < -0.4 is 0 Å². The molecule has 3 nitrogen and oxygen atoms in total. The molecule has 0 saturated carbocycles. The molecule has 0 radical (unpaired) electrons. The molecule has 1 heterocycles. The quantitative estimate of drug-likeness (QED) is 0.679. The maximum atomic E-state index is 11.6. The number of thioether (sulfide) groups is 1. The van der Waals surface area contributed by atoms with Gasteiger partial charge in [0.05, 0.1) is 5.92 Å². The van der Waals surface area contributed by atoms with Crippen LogP contribution in [0.5, 0.6) is 0 Å². The Hall–Kier alpha value is -2.20. The molecule has 0 saturated heterocycles. The predicted molar refractivity (Wildman–Crippen MR) is 95.7 cm³/mol. The van der Waals surface area contributed by atoms with Crippen LogP contribution in [0.3, 0.4) is 0 Å². The van der Waals surface area contributed by atoms with Crippen molar-refractivity contribution >= 4 is 28.6 Å². The molecule has 0 fully saturated rings. The average molecular weight is 325 g/mol. The molecule has 1 aromatic heterocycles. The van der Waals surface area contributed by atoms with Gasteiger partial charge in [-0.2, -0.15) is 11.8 Å². The van der Waals surface area contributed by atoms with Crippen molar-refractivity contribution in [2.75, 3.05) is 5.75 Å². The van der Waals surface area contributed by atoms with Crippen molar-refractivity contribution in [3.8, 4) is 0 Å². The van der Waals surface area contributed by atoms with Gasteiger partial charge in [-0.3, -0.25) is 4.79 Å². The first-order valence-electron chi connectivity index (χ1n) is 7.63. The Bertz CT molecular complexity index is 782. The fraction of sp³-hybridized carbons (Fsp3) is 0.211. The minimum atomic E-state index is -0.726. The van der Waals surface area contributed by atoms with Gasteiger partial charge in [-0.25, -0.2) is 0 Å². The molecule has 1 atom stereocenters. The van der Waals surface area contributed by atoms with Crippen LogP contribution in [0.2, 0.25) is 0 Å². The third-order valence-corrected chi connectivity index (χ3v) is 5.10. The van der Waals surface area contributed by atoms with E-state index in [2.05, 4.69) is 17.1 Å². The lowest BCUT2D eigenvalue weighted by atomic mass is 10.0. The molecule has 3 rings (SSSR count). The molecule has 0 bridgehead atoms. The van der Waals surface area contributed by atoms with E-state index in [0.29, 0.717) is 12.2 Å². The van der Waals surface area contributed by atoms with E-state index >= 15 is 0 Å². The lowest BCUT2D eigenvalue weighted by Crippen LogP contribution is -2.19. The molecule has 0 aliphatic heterocycles. The standard InChI is InChI=1S/C19H19NO2S/c21-19(22)16(13-23-12-14-6-2-1-3-7-14)10-15-11-20-18-9-5-4-8-17(15)18/h1-9,11,16,20H,10,12-13H2,(H,21,22). The number of hydrogen-bond donors (Lipinski definition) is 2. The summed E-state index contributed by atoms with van der Waals surface area (Å²) >= 11 is 1.68. The van der Waals surface area contributed by atoms with Crippen molar-refractivity contribution in [2.24, 2.45) is 5.92 Å². The normalized spacial score (nSPS) is 12.3. The second kappa shape index (κ2) is 7.38. The molecule has 2 N–H and O–H groups in total. The molecule has 0 spiro atoms. The highest BCUT2D eigenvalue weighted by Crippen LogP contribution is 2.24. The van der Waals surface area contributed by atoms with Crippen LogP contribution in [-0.2, 0) is 17.0 Å². The monoisotopic (exact) mass is 325 g/mol. The Morgan fingerprint density at radius 1 is 1.09 bits per heavy atom. The van der Waals surface area contributed by atoms with Gasteiger partial charge in [-0.15, -0.1) is 0 Å². The maximum absolute atomic E-state index is 11.6. The van der Waals surface area contributed by atoms with Crippen molar-refractivity contribution in [1.82, 2.24) is 4.98 Å². The average Bonchev–Trinajstić information content (AvgIpc) is 2.98. The molecule has 3 aromatic rings. The third kappa shape index (κ3) is 3.96. The van der Waals surface area contributed by atoms with Gasteiger partial charge in [-0.05, 0) is 23.6 Å². The van der Waals surface area contributed by atoms with E-state index in [-0.39, 0.29) is 5.92 Å². The summed E-state index contributed by atoms with van der Waals surface area (Å²) in [5.41, 5.74) is 3.37. The van der Waals surface area contributed by atoms with Crippen LogP contribution in [0.4, 0.5) is 0 Å². The Morgan fingerprint density at radius 2 is 1.83 bits per heavy atom. The summed E-state index contributed by atoms with van der Waals surface area (Å²) in [6.07, 6.45) is 2.49. The molecule has 2 aromatic carbocycles. The number of carboxylic acids is 1. The number of aromatic nitrogens is 1. The minimum absolute atomic E-state index is 0.372. The summed E-state index contributed by atoms with van der Waals surface area (Å²) in [4.78, 5) is 14.8. The zero-order valence-electron chi connectivity index (χ0n) is 12.7. The van der Waals surface area contributed by atoms with Crippen LogP contribution in [0.1, 0.15) is 11.1 Å². The van der Waals surface area contributed by atoms with Crippen molar-refractivity contribution in [3.63, 3.8) is 0 Å². The van der Waals surface area contributed by atoms with Crippen molar-refractivity contribution in [3.05, 3.63) is 71.9 Å². The second-order valence-corrected chi connectivity index (χ2v) is 6.63. The Kier molecular flexibility index (Phi) is 5.03. The van der Waals surface area contributed by atoms with Gasteiger partial charge < -0.3 is 10.1 Å². The number of aromatic amines is 1. The largest absolute Gasteiger partial charge is 0.481 e. The molecule has 0 aliphatic rings. The Balaban J connectivity index is 1.64. The fourth-order valence-corrected chi connectivity index (χ4v) is 3.77. The number of carbonyl (C=O) groups is 1. The van der Waals surface area contributed by atoms with Crippen LogP contribution in [0.15, 0.2) is 60.8 Å². The molecule has 4 heteroatoms. The highest BCUT2D eigenvalue weighted by Gasteiger charge is 2.19. The zero-order chi connectivity index (χ0) is 16.1. The molecule has 1 unspecified atom stereocenters. The van der Waals surface area contributed by atoms with Crippen LogP contribution in [-0.4, -0.2) is 21.8 Å². The number of carboxylic acid groups (broad SMARTS) is 1. The van der Waals surface area contributed by atoms with Gasteiger partial charge >= 0.3 is 5.97 Å². The van der Waals surface area contributed by atoms with Gasteiger partial charge in [0.15, 0.2) is 0 Å². The van der Waals surface area contributed by atoms with Crippen LogP contribution in [0.25, 0.3) is 10.9 Å². The molecule has 23 heavy (non-hydrogen) atoms. The number of fused-ring (bicyclic) bond motifs is 1. The number of aliphatic carboxylic acids is 1. The summed E-state index contributed by atoms with van der Waals surface area (Å²) in [7, 11) is 0. The van der Waals surface area contributed by atoms with Gasteiger partial charge in [0.25, 0.3) is 0 Å². The van der Waals surface area contributed by atoms with E-state index in [1.54, 1.807) is 11.8 Å². The van der Waals surface area contributed by atoms with Gasteiger partial charge in [0, 0.05) is 28.6 Å². The SMILES string of the molecule is O=C(O)C(CSCc1ccccc1)Cc1c[nH]c2ccccc12. The smallest absolute Gasteiger partial charge is 0.307 e. The Morgan fingerprint density at radius 3 is 2.61 bits per heavy atom. The number of hydrogen-bond acceptors (Lipinski definition) is 2. The van der Waals surface area contributed by atoms with E-state index in [1.807, 2.05) is 48.7 Å². The highest BCUT2D eigenvalue weighted by atomic mass is 32.2. The predicted octanol–water partition coefficient (Wildman–Crippen LogP) is 4.34. The van der Waals surface area contributed by atoms with Crippen LogP contribution >= 0.6 is 11.8 Å². The topological polar surface area (TPSA) is 53.1 Å². The van der Waals surface area contributed by atoms with Crippen molar-refractivity contribution < 1.29 is 9.90 Å². The summed E-state index contributed by atoms with van der Waals surface area (Å²) in [5, 5.41) is 10.6. The summed E-state index contributed by atoms with van der Waals surface area (Å²) < 4.78 is 0. The third-order valence-electron chi connectivity index (χ3n) is 3.92. The lowest BCUT2D eigenvalue weighted by Gasteiger charge is -2.11. The number of H-pyrrole nitrogens is 1. The molecular formula is C19H19NO2S. The molecular weight excluding hydrogens is 306 g/mol. The van der Waals surface area contributed by atoms with E-state index in [0.717, 1.165) is 22.2 Å². The van der Waals surface area contributed by atoms with Gasteiger partial charge in [0.2, 0.25) is 0 Å². The number of nitrogens with one attached hydrogen (secondary N) is 1. The lowest BCUT2D eigenvalue weighted by molar-refractivity contribution is -0.140. The van der Waals surface area contributed by atoms with Crippen molar-refractivity contribution in [1.29, 1.82) is 0 Å². The van der Waals surface area contributed by atoms with Crippen LogP contribution in [0, 0.1) is 5.92 Å². The summed E-state index contributed by atoms with van der Waals surface area (Å²) in [6, 6.07) is 18.2. The molecule has 0 aliphatic carbocycles. The highest BCUT2D eigenvalue weighted by molar-refractivity contribution is 7.98. The fourth-order valence-electron chi connectivity index (χ4n) is 2.68. The summed E-state index contributed by atoms with van der Waals surface area (Å²) in [5.74, 6) is 0.362. The maximum Gasteiger partial charge on any atom is 0.307 e. The van der Waals surface area contributed by atoms with E-state index in [1.165, 1.54) is 5.56 Å². The minimum Gasteiger partial charge on any atom is -0.481 e. The van der Waals surface area contributed by atoms with E-state index in [4.69, 9.17) is 0 Å². The van der Waals surface area contributed by atoms with E-state index < -0.39 is 5.97 Å². The van der Waals surface area contributed by atoms with E-state index in [9.17, 15) is 9.90 Å². The van der Waals surface area contributed by atoms with Gasteiger partial charge in [0.1, 0.15) is 0 Å².